The SMILES string of the molecule is COc1ccccc1C1CNCCN1S(=O)(=O)c1sc(C)nc1C. The number of methoxy groups -OCH3 is 1. The van der Waals surface area contributed by atoms with Gasteiger partial charge in [-0.3, -0.25) is 0 Å². The molecule has 1 fully saturated rings. The molecule has 0 saturated carbocycles. The van der Waals surface area contributed by atoms with Crippen molar-refractivity contribution in [1.82, 2.24) is 14.6 Å². The standard InChI is InChI=1S/C16H21N3O3S2/c1-11-16(23-12(2)18-11)24(20,21)19-9-8-17-10-14(19)13-6-4-5-7-15(13)22-3/h4-7,14,17H,8-10H2,1-3H3. The molecule has 1 N–H and O–H groups in total. The summed E-state index contributed by atoms with van der Waals surface area (Å²) in [5, 5.41) is 4.04. The molecule has 8 heteroatoms. The van der Waals surface area contributed by atoms with Crippen LogP contribution >= 0.6 is 11.3 Å². The molecule has 1 aromatic carbocycles. The number of rotatable bonds is 4. The summed E-state index contributed by atoms with van der Waals surface area (Å²) >= 11 is 1.23. The van der Waals surface area contributed by atoms with E-state index in [0.29, 0.717) is 35.3 Å². The smallest absolute Gasteiger partial charge is 0.255 e. The molecule has 0 radical (unpaired) electrons. The van der Waals surface area contributed by atoms with Gasteiger partial charge in [0, 0.05) is 25.2 Å². The highest BCUT2D eigenvalue weighted by atomic mass is 32.2. The van der Waals surface area contributed by atoms with Crippen molar-refractivity contribution in [3.63, 3.8) is 0 Å². The first kappa shape index (κ1) is 17.3. The van der Waals surface area contributed by atoms with Gasteiger partial charge in [0.2, 0.25) is 0 Å². The van der Waals surface area contributed by atoms with Gasteiger partial charge < -0.3 is 10.1 Å². The van der Waals surface area contributed by atoms with Crippen LogP contribution in [0.1, 0.15) is 22.3 Å². The number of sulfonamides is 1. The molecule has 0 spiro atoms. The number of benzene rings is 1. The van der Waals surface area contributed by atoms with Gasteiger partial charge in [-0.15, -0.1) is 11.3 Å². The predicted molar refractivity (Wildman–Crippen MR) is 94.1 cm³/mol. The third-order valence-electron chi connectivity index (χ3n) is 4.10. The van der Waals surface area contributed by atoms with Crippen molar-refractivity contribution >= 4 is 21.4 Å². The number of hydrogen-bond donors (Lipinski definition) is 1. The fourth-order valence-corrected chi connectivity index (χ4v) is 6.24. The molecule has 2 heterocycles. The maximum absolute atomic E-state index is 13.2. The number of para-hydroxylation sites is 1. The molecule has 2 aromatic rings. The fraction of sp³-hybridized carbons (Fsp3) is 0.438. The van der Waals surface area contributed by atoms with Gasteiger partial charge in [-0.2, -0.15) is 4.31 Å². The van der Waals surface area contributed by atoms with E-state index in [-0.39, 0.29) is 6.04 Å². The van der Waals surface area contributed by atoms with E-state index in [1.165, 1.54) is 11.3 Å². The minimum absolute atomic E-state index is 0.304. The Bertz CT molecular complexity index is 833. The number of nitrogens with zero attached hydrogens (tertiary/aromatic N) is 2. The molecule has 0 bridgehead atoms. The van der Waals surface area contributed by atoms with Crippen molar-refractivity contribution in [3.8, 4) is 5.75 Å². The summed E-state index contributed by atoms with van der Waals surface area (Å²) in [5.41, 5.74) is 1.43. The lowest BCUT2D eigenvalue weighted by Crippen LogP contribution is -2.48. The molecule has 3 rings (SSSR count). The molecule has 1 saturated heterocycles. The van der Waals surface area contributed by atoms with Crippen LogP contribution in [0.5, 0.6) is 5.75 Å². The molecular formula is C16H21N3O3S2. The van der Waals surface area contributed by atoms with Crippen LogP contribution in [0.15, 0.2) is 28.5 Å². The number of thiazole rings is 1. The zero-order valence-electron chi connectivity index (χ0n) is 13.9. The lowest BCUT2D eigenvalue weighted by Gasteiger charge is -2.35. The van der Waals surface area contributed by atoms with Crippen LogP contribution in [0.4, 0.5) is 0 Å². The average Bonchev–Trinajstić information content (AvgIpc) is 2.94. The monoisotopic (exact) mass is 367 g/mol. The minimum atomic E-state index is -3.60. The van der Waals surface area contributed by atoms with Crippen molar-refractivity contribution < 1.29 is 13.2 Å². The van der Waals surface area contributed by atoms with Crippen LogP contribution < -0.4 is 10.1 Å². The summed E-state index contributed by atoms with van der Waals surface area (Å²) in [5.74, 6) is 0.698. The van der Waals surface area contributed by atoms with Gasteiger partial charge in [0.05, 0.1) is 23.9 Å². The molecular weight excluding hydrogens is 346 g/mol. The molecule has 0 amide bonds. The molecule has 1 aromatic heterocycles. The number of piperazine rings is 1. The van der Waals surface area contributed by atoms with E-state index in [9.17, 15) is 8.42 Å². The molecule has 1 atom stereocenters. The van der Waals surface area contributed by atoms with Crippen molar-refractivity contribution in [2.45, 2.75) is 24.1 Å². The van der Waals surface area contributed by atoms with Gasteiger partial charge in [-0.05, 0) is 19.9 Å². The second-order valence-corrected chi connectivity index (χ2v) is 8.97. The van der Waals surface area contributed by atoms with E-state index < -0.39 is 10.0 Å². The third kappa shape index (κ3) is 3.06. The first-order valence-corrected chi connectivity index (χ1v) is 10.0. The Balaban J connectivity index is 2.05. The average molecular weight is 367 g/mol. The maximum atomic E-state index is 13.2. The Morgan fingerprint density at radius 2 is 2.08 bits per heavy atom. The van der Waals surface area contributed by atoms with Crippen LogP contribution in [-0.4, -0.2) is 44.5 Å². The normalized spacial score (nSPS) is 19.4. The van der Waals surface area contributed by atoms with E-state index in [0.717, 1.165) is 10.6 Å². The third-order valence-corrected chi connectivity index (χ3v) is 7.66. The lowest BCUT2D eigenvalue weighted by atomic mass is 10.0. The van der Waals surface area contributed by atoms with E-state index >= 15 is 0 Å². The molecule has 24 heavy (non-hydrogen) atoms. The zero-order valence-corrected chi connectivity index (χ0v) is 15.6. The summed E-state index contributed by atoms with van der Waals surface area (Å²) in [4.78, 5) is 4.28. The highest BCUT2D eigenvalue weighted by molar-refractivity contribution is 7.91. The van der Waals surface area contributed by atoms with Gasteiger partial charge in [0.15, 0.2) is 4.21 Å². The summed E-state index contributed by atoms with van der Waals surface area (Å²) in [6, 6.07) is 7.26. The molecule has 130 valence electrons. The molecule has 1 aliphatic rings. The van der Waals surface area contributed by atoms with Crippen LogP contribution in [-0.2, 0) is 10.0 Å². The number of ether oxygens (including phenoxy) is 1. The Hall–Kier alpha value is -1.48. The van der Waals surface area contributed by atoms with Crippen LogP contribution in [0.25, 0.3) is 0 Å². The Morgan fingerprint density at radius 3 is 2.75 bits per heavy atom. The molecule has 1 aliphatic heterocycles. The Labute approximate surface area is 146 Å². The van der Waals surface area contributed by atoms with E-state index in [1.54, 1.807) is 18.3 Å². The first-order valence-electron chi connectivity index (χ1n) is 7.74. The topological polar surface area (TPSA) is 71.5 Å². The van der Waals surface area contributed by atoms with Crippen LogP contribution in [0.3, 0.4) is 0 Å². The van der Waals surface area contributed by atoms with E-state index in [4.69, 9.17) is 4.74 Å². The number of hydrogen-bond acceptors (Lipinski definition) is 6. The van der Waals surface area contributed by atoms with Gasteiger partial charge in [0.25, 0.3) is 10.0 Å². The van der Waals surface area contributed by atoms with Crippen molar-refractivity contribution in [3.05, 3.63) is 40.5 Å². The largest absolute Gasteiger partial charge is 0.496 e. The summed E-state index contributed by atoms with van der Waals surface area (Å²) in [6.45, 7) is 5.17. The number of nitrogens with one attached hydrogen (secondary N) is 1. The van der Waals surface area contributed by atoms with E-state index in [1.807, 2.05) is 31.2 Å². The second kappa shape index (κ2) is 6.79. The first-order chi connectivity index (χ1) is 11.4. The van der Waals surface area contributed by atoms with Crippen molar-refractivity contribution in [2.75, 3.05) is 26.7 Å². The van der Waals surface area contributed by atoms with Gasteiger partial charge in [-0.25, -0.2) is 13.4 Å². The Kier molecular flexibility index (Phi) is 4.91. The van der Waals surface area contributed by atoms with Gasteiger partial charge in [0.1, 0.15) is 5.75 Å². The highest BCUT2D eigenvalue weighted by Crippen LogP contribution is 2.36. The van der Waals surface area contributed by atoms with Gasteiger partial charge in [-0.1, -0.05) is 18.2 Å². The van der Waals surface area contributed by atoms with Crippen LogP contribution in [0, 0.1) is 13.8 Å². The van der Waals surface area contributed by atoms with E-state index in [2.05, 4.69) is 10.3 Å². The highest BCUT2D eigenvalue weighted by Gasteiger charge is 2.37. The number of aromatic nitrogens is 1. The quantitative estimate of drug-likeness (QED) is 0.896. The lowest BCUT2D eigenvalue weighted by molar-refractivity contribution is 0.265. The van der Waals surface area contributed by atoms with Crippen molar-refractivity contribution in [1.29, 1.82) is 0 Å². The summed E-state index contributed by atoms with van der Waals surface area (Å²) in [7, 11) is -2.00. The predicted octanol–water partition coefficient (Wildman–Crippen LogP) is 2.10. The fourth-order valence-electron chi connectivity index (χ4n) is 3.04. The second-order valence-electron chi connectivity index (χ2n) is 5.68. The number of aryl methyl sites for hydroxylation is 2. The van der Waals surface area contributed by atoms with Gasteiger partial charge >= 0.3 is 0 Å². The van der Waals surface area contributed by atoms with Crippen LogP contribution in [0.2, 0.25) is 0 Å². The molecule has 1 unspecified atom stereocenters. The summed E-state index contributed by atoms with van der Waals surface area (Å²) in [6.07, 6.45) is 0. The minimum Gasteiger partial charge on any atom is -0.496 e. The molecule has 6 nitrogen and oxygen atoms in total. The Morgan fingerprint density at radius 1 is 1.33 bits per heavy atom. The zero-order chi connectivity index (χ0) is 17.3. The summed E-state index contributed by atoms with van der Waals surface area (Å²) < 4.78 is 33.8. The van der Waals surface area contributed by atoms with Crippen molar-refractivity contribution in [2.24, 2.45) is 0 Å². The molecule has 0 aliphatic carbocycles. The maximum Gasteiger partial charge on any atom is 0.255 e.